The number of nitrogens with zero attached hydrogens (tertiary/aromatic N) is 2. The Hall–Kier alpha value is -3.44. The Balaban J connectivity index is 1.28. The van der Waals surface area contributed by atoms with Gasteiger partial charge in [0.05, 0.1) is 0 Å². The highest BCUT2D eigenvalue weighted by atomic mass is 19.1. The van der Waals surface area contributed by atoms with Gasteiger partial charge in [-0.1, -0.05) is 60.7 Å². The predicted octanol–water partition coefficient (Wildman–Crippen LogP) is 5.63. The third kappa shape index (κ3) is 4.48. The zero-order valence-corrected chi connectivity index (χ0v) is 19.6. The molecule has 0 unspecified atom stereocenters. The Morgan fingerprint density at radius 3 is 2.32 bits per heavy atom. The smallest absolute Gasteiger partial charge is 0.260 e. The van der Waals surface area contributed by atoms with Crippen LogP contribution in [0.5, 0.6) is 5.75 Å². The van der Waals surface area contributed by atoms with Gasteiger partial charge in [0.25, 0.3) is 5.91 Å². The van der Waals surface area contributed by atoms with Crippen LogP contribution in [-0.2, 0) is 11.3 Å². The molecule has 0 aromatic heterocycles. The zero-order chi connectivity index (χ0) is 23.7. The topological polar surface area (TPSA) is 32.8 Å². The fourth-order valence-corrected chi connectivity index (χ4v) is 4.95. The molecule has 4 nitrogen and oxygen atoms in total. The molecule has 174 valence electrons. The van der Waals surface area contributed by atoms with Crippen molar-refractivity contribution in [2.45, 2.75) is 32.5 Å². The number of fused-ring (bicyclic) bond motifs is 3. The fourth-order valence-electron chi connectivity index (χ4n) is 4.95. The van der Waals surface area contributed by atoms with Gasteiger partial charge in [-0.3, -0.25) is 9.69 Å². The van der Waals surface area contributed by atoms with Crippen LogP contribution in [-0.4, -0.2) is 47.5 Å². The lowest BCUT2D eigenvalue weighted by molar-refractivity contribution is -0.139. The highest BCUT2D eigenvalue weighted by Crippen LogP contribution is 2.33. The second-order valence-electron chi connectivity index (χ2n) is 9.23. The maximum absolute atomic E-state index is 13.2. The summed E-state index contributed by atoms with van der Waals surface area (Å²) in [7, 11) is 0. The second-order valence-corrected chi connectivity index (χ2v) is 9.23. The van der Waals surface area contributed by atoms with Crippen molar-refractivity contribution in [2.75, 3.05) is 19.7 Å². The number of piperazine rings is 1. The van der Waals surface area contributed by atoms with Crippen molar-refractivity contribution >= 4 is 27.5 Å². The molecule has 5 rings (SSSR count). The van der Waals surface area contributed by atoms with E-state index < -0.39 is 0 Å². The van der Waals surface area contributed by atoms with Crippen molar-refractivity contribution in [2.24, 2.45) is 0 Å². The molecule has 1 fully saturated rings. The van der Waals surface area contributed by atoms with Gasteiger partial charge >= 0.3 is 0 Å². The molecule has 4 aromatic carbocycles. The van der Waals surface area contributed by atoms with Crippen LogP contribution in [0.1, 0.15) is 19.4 Å². The number of benzene rings is 4. The van der Waals surface area contributed by atoms with Crippen molar-refractivity contribution in [3.63, 3.8) is 0 Å². The normalized spacial score (nSPS) is 19.0. The first kappa shape index (κ1) is 22.4. The average molecular weight is 457 g/mol. The summed E-state index contributed by atoms with van der Waals surface area (Å²) in [5.41, 5.74) is 1.08. The van der Waals surface area contributed by atoms with Crippen LogP contribution in [0.2, 0.25) is 0 Å². The second kappa shape index (κ2) is 9.43. The van der Waals surface area contributed by atoms with Gasteiger partial charge in [-0.2, -0.15) is 0 Å². The Bertz CT molecular complexity index is 1320. The zero-order valence-electron chi connectivity index (χ0n) is 19.6. The van der Waals surface area contributed by atoms with Crippen molar-refractivity contribution < 1.29 is 13.9 Å². The third-order valence-corrected chi connectivity index (χ3v) is 6.82. The average Bonchev–Trinajstić information content (AvgIpc) is 2.85. The van der Waals surface area contributed by atoms with E-state index in [-0.39, 0.29) is 30.4 Å². The standard InChI is InChI=1S/C29H29FN2O2/c1-20-17-32(21(2)16-31(20)18-22-11-13-24(30)14-12-22)29(33)19-34-28-15-23-7-3-4-8-25(23)26-9-5-6-10-27(26)28/h3-15,20-21H,16-19H2,1-2H3/t20-,21+/m1/s1. The highest BCUT2D eigenvalue weighted by Gasteiger charge is 2.32. The molecule has 1 amide bonds. The first-order chi connectivity index (χ1) is 16.5. The number of carbonyl (C=O) groups is 1. The summed E-state index contributed by atoms with van der Waals surface area (Å²) < 4.78 is 19.4. The Morgan fingerprint density at radius 2 is 1.56 bits per heavy atom. The van der Waals surface area contributed by atoms with Gasteiger partial charge in [0.2, 0.25) is 0 Å². The number of carbonyl (C=O) groups excluding carboxylic acids is 1. The van der Waals surface area contributed by atoms with Crippen LogP contribution in [0.4, 0.5) is 4.39 Å². The van der Waals surface area contributed by atoms with Crippen LogP contribution in [0.15, 0.2) is 78.9 Å². The maximum atomic E-state index is 13.2. The van der Waals surface area contributed by atoms with E-state index in [4.69, 9.17) is 4.74 Å². The summed E-state index contributed by atoms with van der Waals surface area (Å²) in [6, 6.07) is 25.3. The molecule has 0 spiro atoms. The number of hydrogen-bond acceptors (Lipinski definition) is 3. The van der Waals surface area contributed by atoms with E-state index in [1.54, 1.807) is 0 Å². The minimum Gasteiger partial charge on any atom is -0.483 e. The molecular weight excluding hydrogens is 427 g/mol. The van der Waals surface area contributed by atoms with Gasteiger partial charge in [-0.05, 0) is 53.8 Å². The first-order valence-electron chi connectivity index (χ1n) is 11.8. The van der Waals surface area contributed by atoms with Crippen molar-refractivity contribution in [3.05, 3.63) is 90.2 Å². The van der Waals surface area contributed by atoms with E-state index in [1.165, 1.54) is 17.5 Å². The molecule has 5 heteroatoms. The highest BCUT2D eigenvalue weighted by molar-refractivity contribution is 6.10. The van der Waals surface area contributed by atoms with Crippen LogP contribution in [0.25, 0.3) is 21.5 Å². The molecule has 1 aliphatic heterocycles. The summed E-state index contributed by atoms with van der Waals surface area (Å²) in [5.74, 6) is 0.510. The molecule has 1 heterocycles. The Labute approximate surface area is 199 Å². The number of hydrogen-bond donors (Lipinski definition) is 0. The molecule has 2 atom stereocenters. The number of rotatable bonds is 5. The fraction of sp³-hybridized carbons (Fsp3) is 0.276. The molecule has 4 aromatic rings. The SMILES string of the molecule is C[C@@H]1CN(C(=O)COc2cc3ccccc3c3ccccc23)[C@@H](C)CN1Cc1ccc(F)cc1. The first-order valence-corrected chi connectivity index (χ1v) is 11.8. The molecule has 34 heavy (non-hydrogen) atoms. The number of halogens is 1. The quantitative estimate of drug-likeness (QED) is 0.365. The Morgan fingerprint density at radius 1 is 0.882 bits per heavy atom. The largest absolute Gasteiger partial charge is 0.483 e. The Kier molecular flexibility index (Phi) is 6.20. The molecule has 0 N–H and O–H groups in total. The summed E-state index contributed by atoms with van der Waals surface area (Å²) in [6.45, 7) is 6.37. The van der Waals surface area contributed by atoms with Crippen molar-refractivity contribution in [1.29, 1.82) is 0 Å². The minimum atomic E-state index is -0.222. The molecule has 1 aliphatic rings. The summed E-state index contributed by atoms with van der Waals surface area (Å²) >= 11 is 0. The van der Waals surface area contributed by atoms with E-state index in [0.717, 1.165) is 40.6 Å². The van der Waals surface area contributed by atoms with E-state index in [9.17, 15) is 9.18 Å². The van der Waals surface area contributed by atoms with Gasteiger partial charge in [0.1, 0.15) is 11.6 Å². The lowest BCUT2D eigenvalue weighted by atomic mass is 10.0. The summed E-state index contributed by atoms with van der Waals surface area (Å²) in [6.07, 6.45) is 0. The van der Waals surface area contributed by atoms with Crippen LogP contribution in [0.3, 0.4) is 0 Å². The molecular formula is C29H29FN2O2. The summed E-state index contributed by atoms with van der Waals surface area (Å²) in [4.78, 5) is 17.4. The van der Waals surface area contributed by atoms with Gasteiger partial charge in [-0.15, -0.1) is 0 Å². The minimum absolute atomic E-state index is 0.00183. The molecule has 0 radical (unpaired) electrons. The summed E-state index contributed by atoms with van der Waals surface area (Å²) in [5, 5.41) is 4.41. The lowest BCUT2D eigenvalue weighted by Crippen LogP contribution is -2.58. The van der Waals surface area contributed by atoms with Gasteiger partial charge < -0.3 is 9.64 Å². The monoisotopic (exact) mass is 456 g/mol. The van der Waals surface area contributed by atoms with Crippen LogP contribution >= 0.6 is 0 Å². The number of ether oxygens (including phenoxy) is 1. The maximum Gasteiger partial charge on any atom is 0.260 e. The van der Waals surface area contributed by atoms with E-state index in [2.05, 4.69) is 36.9 Å². The molecule has 1 saturated heterocycles. The van der Waals surface area contributed by atoms with Gasteiger partial charge in [-0.25, -0.2) is 4.39 Å². The third-order valence-electron chi connectivity index (χ3n) is 6.82. The molecule has 0 bridgehead atoms. The van der Waals surface area contributed by atoms with Gasteiger partial charge in [0, 0.05) is 37.1 Å². The van der Waals surface area contributed by atoms with E-state index >= 15 is 0 Å². The molecule has 0 saturated carbocycles. The lowest BCUT2D eigenvalue weighted by Gasteiger charge is -2.44. The van der Waals surface area contributed by atoms with Crippen LogP contribution in [0, 0.1) is 5.82 Å². The van der Waals surface area contributed by atoms with Crippen molar-refractivity contribution in [1.82, 2.24) is 9.80 Å². The van der Waals surface area contributed by atoms with Crippen LogP contribution < -0.4 is 4.74 Å². The molecule has 0 aliphatic carbocycles. The van der Waals surface area contributed by atoms with E-state index in [1.807, 2.05) is 53.4 Å². The van der Waals surface area contributed by atoms with E-state index in [0.29, 0.717) is 6.54 Å². The number of amides is 1. The van der Waals surface area contributed by atoms with Gasteiger partial charge in [0.15, 0.2) is 6.61 Å². The van der Waals surface area contributed by atoms with Crippen molar-refractivity contribution in [3.8, 4) is 5.75 Å². The predicted molar refractivity (Wildman–Crippen MR) is 134 cm³/mol.